The number of aryl methyl sites for hydroxylation is 1. The summed E-state index contributed by atoms with van der Waals surface area (Å²) in [5.41, 5.74) is 0. The summed E-state index contributed by atoms with van der Waals surface area (Å²) in [4.78, 5) is 1.04. The van der Waals surface area contributed by atoms with Crippen molar-refractivity contribution < 1.29 is 8.42 Å². The molecule has 1 saturated heterocycles. The van der Waals surface area contributed by atoms with E-state index in [0.717, 1.165) is 17.8 Å². The van der Waals surface area contributed by atoms with Crippen molar-refractivity contribution in [2.45, 2.75) is 17.6 Å². The Balaban J connectivity index is 2.13. The number of hydrogen-bond acceptors (Lipinski definition) is 4. The number of nitrogens with one attached hydrogen (secondary N) is 1. The number of nitrogens with zero attached hydrogens (tertiary/aromatic N) is 1. The standard InChI is InChI=1S/C11H18N2O2S2/c1-9-3-4-11(16-9)17(14,15)13-6-5-10(8-13)7-12-2/h3-4,10,12H,5-8H2,1-2H3. The zero-order chi connectivity index (χ0) is 12.5. The van der Waals surface area contributed by atoms with Gasteiger partial charge in [0.1, 0.15) is 4.21 Å². The van der Waals surface area contributed by atoms with Crippen LogP contribution in [0.25, 0.3) is 0 Å². The Bertz CT molecular complexity index is 481. The van der Waals surface area contributed by atoms with E-state index in [1.165, 1.54) is 11.3 Å². The molecule has 0 aliphatic carbocycles. The van der Waals surface area contributed by atoms with E-state index in [0.29, 0.717) is 23.2 Å². The lowest BCUT2D eigenvalue weighted by atomic mass is 10.1. The maximum Gasteiger partial charge on any atom is 0.252 e. The van der Waals surface area contributed by atoms with Gasteiger partial charge in [0.05, 0.1) is 0 Å². The molecule has 6 heteroatoms. The molecule has 4 nitrogen and oxygen atoms in total. The zero-order valence-corrected chi connectivity index (χ0v) is 11.8. The monoisotopic (exact) mass is 274 g/mol. The van der Waals surface area contributed by atoms with Crippen LogP contribution in [-0.2, 0) is 10.0 Å². The quantitative estimate of drug-likeness (QED) is 0.900. The van der Waals surface area contributed by atoms with Gasteiger partial charge in [-0.15, -0.1) is 11.3 Å². The van der Waals surface area contributed by atoms with Gasteiger partial charge in [0.25, 0.3) is 10.0 Å². The fraction of sp³-hybridized carbons (Fsp3) is 0.636. The van der Waals surface area contributed by atoms with Crippen LogP contribution in [0.2, 0.25) is 0 Å². The minimum atomic E-state index is -3.25. The first-order valence-corrected chi connectivity index (χ1v) is 8.01. The third-order valence-corrected chi connectivity index (χ3v) is 6.38. The molecule has 1 aliphatic heterocycles. The molecule has 1 N–H and O–H groups in total. The van der Waals surface area contributed by atoms with Crippen LogP contribution in [0.3, 0.4) is 0 Å². The fourth-order valence-corrected chi connectivity index (χ4v) is 5.12. The molecule has 0 radical (unpaired) electrons. The predicted octanol–water partition coefficient (Wildman–Crippen LogP) is 1.29. The number of hydrogen-bond donors (Lipinski definition) is 1. The molecule has 96 valence electrons. The first kappa shape index (κ1) is 13.0. The number of rotatable bonds is 4. The average Bonchev–Trinajstić information content (AvgIpc) is 2.88. The van der Waals surface area contributed by atoms with E-state index in [4.69, 9.17) is 0 Å². The van der Waals surface area contributed by atoms with Gasteiger partial charge in [0.15, 0.2) is 0 Å². The summed E-state index contributed by atoms with van der Waals surface area (Å²) in [6, 6.07) is 3.57. The molecule has 0 amide bonds. The Kier molecular flexibility index (Phi) is 3.87. The van der Waals surface area contributed by atoms with E-state index in [9.17, 15) is 8.42 Å². The van der Waals surface area contributed by atoms with Crippen LogP contribution in [0.5, 0.6) is 0 Å². The van der Waals surface area contributed by atoms with Gasteiger partial charge in [-0.05, 0) is 45.0 Å². The molecule has 17 heavy (non-hydrogen) atoms. The van der Waals surface area contributed by atoms with Gasteiger partial charge in [-0.3, -0.25) is 0 Å². The Labute approximate surface area is 107 Å². The molecular weight excluding hydrogens is 256 g/mol. The predicted molar refractivity (Wildman–Crippen MR) is 69.8 cm³/mol. The van der Waals surface area contributed by atoms with Crippen molar-refractivity contribution in [3.8, 4) is 0 Å². The smallest absolute Gasteiger partial charge is 0.252 e. The minimum absolute atomic E-state index is 0.441. The molecule has 2 rings (SSSR count). The molecule has 1 unspecified atom stereocenters. The van der Waals surface area contributed by atoms with E-state index in [-0.39, 0.29) is 0 Å². The highest BCUT2D eigenvalue weighted by Crippen LogP contribution is 2.28. The van der Waals surface area contributed by atoms with E-state index in [2.05, 4.69) is 5.32 Å². The van der Waals surface area contributed by atoms with Crippen LogP contribution in [0.1, 0.15) is 11.3 Å². The summed E-state index contributed by atoms with van der Waals surface area (Å²) < 4.78 is 26.7. The third-order valence-electron chi connectivity index (χ3n) is 3.05. The molecule has 1 aromatic heterocycles. The summed E-state index contributed by atoms with van der Waals surface area (Å²) in [6.45, 7) is 4.10. The van der Waals surface area contributed by atoms with Crippen LogP contribution in [-0.4, -0.2) is 39.4 Å². The molecule has 0 saturated carbocycles. The van der Waals surface area contributed by atoms with Crippen LogP contribution in [0.15, 0.2) is 16.3 Å². The molecule has 1 aliphatic rings. The molecule has 0 bridgehead atoms. The second-order valence-corrected chi connectivity index (χ2v) is 7.89. The molecular formula is C11H18N2O2S2. The lowest BCUT2D eigenvalue weighted by molar-refractivity contribution is 0.452. The van der Waals surface area contributed by atoms with Gasteiger partial charge in [-0.25, -0.2) is 8.42 Å². The molecule has 1 aromatic rings. The van der Waals surface area contributed by atoms with Gasteiger partial charge in [0.2, 0.25) is 0 Å². The topological polar surface area (TPSA) is 49.4 Å². The van der Waals surface area contributed by atoms with Crippen molar-refractivity contribution in [3.05, 3.63) is 17.0 Å². The highest BCUT2D eigenvalue weighted by molar-refractivity contribution is 7.91. The summed E-state index contributed by atoms with van der Waals surface area (Å²) >= 11 is 1.35. The normalized spacial score (nSPS) is 22.1. The lowest BCUT2D eigenvalue weighted by Gasteiger charge is -2.15. The SMILES string of the molecule is CNCC1CCN(S(=O)(=O)c2ccc(C)s2)C1. The van der Waals surface area contributed by atoms with E-state index in [1.54, 1.807) is 10.4 Å². The van der Waals surface area contributed by atoms with E-state index < -0.39 is 10.0 Å². The largest absolute Gasteiger partial charge is 0.319 e. The Morgan fingerprint density at radius 1 is 1.53 bits per heavy atom. The Morgan fingerprint density at radius 2 is 2.29 bits per heavy atom. The van der Waals surface area contributed by atoms with E-state index in [1.807, 2.05) is 20.0 Å². The number of sulfonamides is 1. The summed E-state index contributed by atoms with van der Waals surface area (Å²) in [6.07, 6.45) is 0.949. The first-order chi connectivity index (χ1) is 8.04. The van der Waals surface area contributed by atoms with Gasteiger partial charge in [-0.2, -0.15) is 4.31 Å². The summed E-state index contributed by atoms with van der Waals surface area (Å²) in [5, 5.41) is 3.11. The van der Waals surface area contributed by atoms with Gasteiger partial charge in [-0.1, -0.05) is 0 Å². The summed E-state index contributed by atoms with van der Waals surface area (Å²) in [7, 11) is -1.34. The maximum absolute atomic E-state index is 12.3. The molecule has 1 atom stereocenters. The van der Waals surface area contributed by atoms with Crippen molar-refractivity contribution in [3.63, 3.8) is 0 Å². The van der Waals surface area contributed by atoms with Crippen LogP contribution >= 0.6 is 11.3 Å². The maximum atomic E-state index is 12.3. The number of thiophene rings is 1. The fourth-order valence-electron chi connectivity index (χ4n) is 2.15. The van der Waals surface area contributed by atoms with Gasteiger partial charge in [0, 0.05) is 18.0 Å². The molecule has 2 heterocycles. The van der Waals surface area contributed by atoms with Crippen molar-refractivity contribution in [1.29, 1.82) is 0 Å². The van der Waals surface area contributed by atoms with Crippen molar-refractivity contribution >= 4 is 21.4 Å². The second-order valence-electron chi connectivity index (χ2n) is 4.44. The van der Waals surface area contributed by atoms with Gasteiger partial charge < -0.3 is 5.32 Å². The molecule has 0 spiro atoms. The Morgan fingerprint density at radius 3 is 2.88 bits per heavy atom. The van der Waals surface area contributed by atoms with Crippen LogP contribution in [0.4, 0.5) is 0 Å². The van der Waals surface area contributed by atoms with Crippen molar-refractivity contribution in [1.82, 2.24) is 9.62 Å². The van der Waals surface area contributed by atoms with Crippen LogP contribution in [0, 0.1) is 12.8 Å². The van der Waals surface area contributed by atoms with Crippen molar-refractivity contribution in [2.75, 3.05) is 26.7 Å². The van der Waals surface area contributed by atoms with Gasteiger partial charge >= 0.3 is 0 Å². The van der Waals surface area contributed by atoms with Crippen molar-refractivity contribution in [2.24, 2.45) is 5.92 Å². The van der Waals surface area contributed by atoms with Crippen LogP contribution < -0.4 is 5.32 Å². The lowest BCUT2D eigenvalue weighted by Crippen LogP contribution is -2.29. The Hall–Kier alpha value is -0.430. The second kappa shape index (κ2) is 5.06. The molecule has 1 fully saturated rings. The highest BCUT2D eigenvalue weighted by Gasteiger charge is 2.32. The van der Waals surface area contributed by atoms with E-state index >= 15 is 0 Å². The average molecular weight is 274 g/mol. The first-order valence-electron chi connectivity index (χ1n) is 5.75. The third kappa shape index (κ3) is 2.70. The highest BCUT2D eigenvalue weighted by atomic mass is 32.2. The zero-order valence-electron chi connectivity index (χ0n) is 10.1. The minimum Gasteiger partial charge on any atom is -0.319 e. The molecule has 0 aromatic carbocycles. The summed E-state index contributed by atoms with van der Waals surface area (Å²) in [5.74, 6) is 0.441.